The molecule has 2 aliphatic rings. The molecule has 0 saturated carbocycles. The highest BCUT2D eigenvalue weighted by Gasteiger charge is 2.35. The van der Waals surface area contributed by atoms with Crippen LogP contribution in [-0.2, 0) is 10.8 Å². The monoisotopic (exact) mass is 525 g/mol. The third-order valence-corrected chi connectivity index (χ3v) is 10.2. The van der Waals surface area contributed by atoms with Crippen LogP contribution in [0.5, 0.6) is 0 Å². The molecule has 1 unspecified atom stereocenters. The predicted octanol–water partition coefficient (Wildman–Crippen LogP) is 9.73. The number of allylic oxidation sites excluding steroid dienone is 5. The van der Waals surface area contributed by atoms with Crippen molar-refractivity contribution in [1.29, 1.82) is 0 Å². The van der Waals surface area contributed by atoms with Crippen LogP contribution in [0.3, 0.4) is 0 Å². The van der Waals surface area contributed by atoms with Crippen LogP contribution in [0, 0.1) is 10.8 Å². The predicted molar refractivity (Wildman–Crippen MR) is 161 cm³/mol. The van der Waals surface area contributed by atoms with E-state index in [1.54, 1.807) is 0 Å². The van der Waals surface area contributed by atoms with Crippen molar-refractivity contribution < 1.29 is 10.2 Å². The molecule has 1 aliphatic heterocycles. The fraction of sp³-hybridized carbons (Fsp3) is 0.531. The van der Waals surface area contributed by atoms with Gasteiger partial charge in [0, 0.05) is 34.1 Å². The molecular weight excluding hydrogens is 480 g/mol. The van der Waals surface area contributed by atoms with Gasteiger partial charge in [-0.2, -0.15) is 0 Å². The summed E-state index contributed by atoms with van der Waals surface area (Å²) in [6.45, 7) is 26.7. The van der Waals surface area contributed by atoms with E-state index in [1.807, 2.05) is 35.3 Å². The van der Waals surface area contributed by atoms with Crippen molar-refractivity contribution in [2.24, 2.45) is 10.8 Å². The van der Waals surface area contributed by atoms with Crippen molar-refractivity contribution in [3.8, 4) is 0 Å². The molecule has 0 radical (unpaired) electrons. The number of hydrogen-bond acceptors (Lipinski definition) is 3. The molecule has 36 heavy (non-hydrogen) atoms. The van der Waals surface area contributed by atoms with Gasteiger partial charge in [-0.15, -0.1) is 0 Å². The van der Waals surface area contributed by atoms with Gasteiger partial charge in [-0.1, -0.05) is 94.8 Å². The Bertz CT molecular complexity index is 1130. The molecule has 1 atom stereocenters. The number of thioether (sulfide) groups is 1. The van der Waals surface area contributed by atoms with Gasteiger partial charge in [0.05, 0.1) is 0 Å². The normalized spacial score (nSPS) is 20.9. The Morgan fingerprint density at radius 3 is 1.53 bits per heavy atom. The van der Waals surface area contributed by atoms with Crippen molar-refractivity contribution in [3.63, 3.8) is 0 Å². The molecule has 196 valence electrons. The van der Waals surface area contributed by atoms with E-state index in [2.05, 4.69) is 107 Å². The fourth-order valence-electron chi connectivity index (χ4n) is 3.86. The van der Waals surface area contributed by atoms with Gasteiger partial charge in [0.25, 0.3) is 0 Å². The summed E-state index contributed by atoms with van der Waals surface area (Å²) >= 11 is 3.68. The molecule has 3 rings (SSSR count). The summed E-state index contributed by atoms with van der Waals surface area (Å²) in [5.41, 5.74) is 3.32. The third-order valence-electron chi connectivity index (χ3n) is 6.37. The lowest BCUT2D eigenvalue weighted by Crippen LogP contribution is -2.27. The van der Waals surface area contributed by atoms with Gasteiger partial charge < -0.3 is 10.2 Å². The quantitative estimate of drug-likeness (QED) is 0.378. The SMILES string of the molecule is CC(C)(C)C1=CC(=CC2=C(O)C(=Cc3cc(C(C)(C)C)[s+]c(C(C)(C)C)c3)C2O)C=C(C(C)(C)C)S1. The molecule has 1 aliphatic carbocycles. The van der Waals surface area contributed by atoms with Crippen LogP contribution in [-0.4, -0.2) is 16.3 Å². The van der Waals surface area contributed by atoms with E-state index < -0.39 is 6.10 Å². The first-order valence-electron chi connectivity index (χ1n) is 12.8. The second-order valence-corrected chi connectivity index (χ2v) is 16.4. The summed E-state index contributed by atoms with van der Waals surface area (Å²) in [5, 5.41) is 22.1. The molecule has 0 spiro atoms. The second kappa shape index (κ2) is 9.60. The average molecular weight is 526 g/mol. The topological polar surface area (TPSA) is 40.5 Å². The minimum atomic E-state index is -0.801. The van der Waals surface area contributed by atoms with E-state index >= 15 is 0 Å². The Morgan fingerprint density at radius 1 is 0.722 bits per heavy atom. The van der Waals surface area contributed by atoms with Gasteiger partial charge in [0.15, 0.2) is 0 Å². The lowest BCUT2D eigenvalue weighted by atomic mass is 9.83. The van der Waals surface area contributed by atoms with Gasteiger partial charge >= 0.3 is 0 Å². The number of hydrogen-bond donors (Lipinski definition) is 2. The van der Waals surface area contributed by atoms with E-state index in [0.29, 0.717) is 11.1 Å². The number of aliphatic hydroxyl groups excluding tert-OH is 2. The average Bonchev–Trinajstić information content (AvgIpc) is 2.72. The molecule has 0 bridgehead atoms. The minimum absolute atomic E-state index is 0.0259. The molecule has 0 fully saturated rings. The lowest BCUT2D eigenvalue weighted by Gasteiger charge is -2.33. The Morgan fingerprint density at radius 2 is 1.17 bits per heavy atom. The van der Waals surface area contributed by atoms with Gasteiger partial charge in [-0.05, 0) is 56.1 Å². The van der Waals surface area contributed by atoms with E-state index in [9.17, 15) is 10.2 Å². The lowest BCUT2D eigenvalue weighted by molar-refractivity contribution is 0.208. The van der Waals surface area contributed by atoms with Gasteiger partial charge in [-0.3, -0.25) is 0 Å². The first-order chi connectivity index (χ1) is 16.2. The maximum Gasteiger partial charge on any atom is 0.219 e. The molecule has 2 nitrogen and oxygen atoms in total. The molecule has 0 aromatic carbocycles. The zero-order chi connectivity index (χ0) is 27.4. The third kappa shape index (κ3) is 6.44. The Hall–Kier alpha value is -1.62. The maximum absolute atomic E-state index is 11.1. The van der Waals surface area contributed by atoms with E-state index in [0.717, 1.165) is 11.1 Å². The van der Waals surface area contributed by atoms with Gasteiger partial charge in [0.1, 0.15) is 11.9 Å². The highest BCUT2D eigenvalue weighted by Crippen LogP contribution is 2.49. The van der Waals surface area contributed by atoms with Crippen LogP contribution >= 0.6 is 23.1 Å². The first kappa shape index (κ1) is 28.9. The Balaban J connectivity index is 2.06. The largest absolute Gasteiger partial charge is 0.507 e. The molecule has 0 amide bonds. The molecule has 1 aromatic heterocycles. The smallest absolute Gasteiger partial charge is 0.219 e. The molecule has 4 heteroatoms. The van der Waals surface area contributed by atoms with Crippen LogP contribution in [0.2, 0.25) is 0 Å². The summed E-state index contributed by atoms with van der Waals surface area (Å²) in [5.74, 6) is 0.187. The highest BCUT2D eigenvalue weighted by molar-refractivity contribution is 8.06. The van der Waals surface area contributed by atoms with Crippen molar-refractivity contribution in [3.05, 3.63) is 78.0 Å². The van der Waals surface area contributed by atoms with E-state index in [1.165, 1.54) is 19.6 Å². The van der Waals surface area contributed by atoms with Crippen LogP contribution < -0.4 is 0 Å². The minimum Gasteiger partial charge on any atom is -0.507 e. The zero-order valence-electron chi connectivity index (χ0n) is 24.3. The standard InChI is InChI=1S/C32H44O2S2/c1-29(2,3)23-15-19(16-24(35-23)30(4,5)6)13-21-27(33)22(28(21)34)14-20-17-25(31(7,8)9)36-26(18-20)32(10,11)12/h13-18,27,33H,1-12H3/p+1. The van der Waals surface area contributed by atoms with Gasteiger partial charge in [0.2, 0.25) is 21.1 Å². The molecule has 2 heterocycles. The Labute approximate surface area is 227 Å². The summed E-state index contributed by atoms with van der Waals surface area (Å²) in [6, 6.07) is 4.39. The van der Waals surface area contributed by atoms with Gasteiger partial charge in [-0.25, -0.2) is 0 Å². The maximum atomic E-state index is 11.1. The summed E-state index contributed by atoms with van der Waals surface area (Å²) in [6.07, 6.45) is 7.48. The fourth-order valence-corrected chi connectivity index (χ4v) is 6.34. The Kier molecular flexibility index (Phi) is 7.72. The van der Waals surface area contributed by atoms with Crippen LogP contribution in [0.15, 0.2) is 62.6 Å². The highest BCUT2D eigenvalue weighted by atomic mass is 32.2. The van der Waals surface area contributed by atoms with E-state index in [-0.39, 0.29) is 27.4 Å². The van der Waals surface area contributed by atoms with Crippen LogP contribution in [0.4, 0.5) is 0 Å². The first-order valence-corrected chi connectivity index (χ1v) is 14.5. The van der Waals surface area contributed by atoms with Crippen molar-refractivity contribution in [2.75, 3.05) is 0 Å². The summed E-state index contributed by atoms with van der Waals surface area (Å²) in [4.78, 5) is 5.17. The van der Waals surface area contributed by atoms with Crippen molar-refractivity contribution in [1.82, 2.24) is 0 Å². The molecule has 1 aromatic rings. The number of aliphatic hydroxyl groups is 2. The van der Waals surface area contributed by atoms with Crippen molar-refractivity contribution in [2.45, 2.75) is 100 Å². The second-order valence-electron chi connectivity index (χ2n) is 14.2. The van der Waals surface area contributed by atoms with Crippen LogP contribution in [0.1, 0.15) is 98.4 Å². The molecule has 0 saturated heterocycles. The molecule has 2 N–H and O–H groups in total. The summed E-state index contributed by atoms with van der Waals surface area (Å²) < 4.78 is 0. The van der Waals surface area contributed by atoms with Crippen molar-refractivity contribution >= 4 is 29.2 Å². The van der Waals surface area contributed by atoms with Crippen LogP contribution in [0.25, 0.3) is 6.08 Å². The molecular formula is C32H45O2S2+. The number of rotatable bonds is 2. The zero-order valence-corrected chi connectivity index (χ0v) is 25.9. The summed E-state index contributed by atoms with van der Waals surface area (Å²) in [7, 11) is 0. The van der Waals surface area contributed by atoms with E-state index in [4.69, 9.17) is 0 Å².